The molecule has 0 saturated carbocycles. The molecule has 0 aromatic carbocycles. The van der Waals surface area contributed by atoms with Crippen LogP contribution in [-0.2, 0) is 11.2 Å². The Morgan fingerprint density at radius 2 is 2.29 bits per heavy atom. The highest BCUT2D eigenvalue weighted by atomic mass is 16.5. The number of aromatic nitrogens is 2. The van der Waals surface area contributed by atoms with Crippen molar-refractivity contribution in [2.24, 2.45) is 0 Å². The maximum absolute atomic E-state index is 5.66. The van der Waals surface area contributed by atoms with Gasteiger partial charge in [0.2, 0.25) is 11.8 Å². The van der Waals surface area contributed by atoms with Crippen LogP contribution in [0.25, 0.3) is 0 Å². The summed E-state index contributed by atoms with van der Waals surface area (Å²) in [5.41, 5.74) is 0. The molecule has 1 aromatic rings. The lowest BCUT2D eigenvalue weighted by molar-refractivity contribution is 0.0721. The predicted octanol–water partition coefficient (Wildman–Crippen LogP) is 1.50. The number of nitrogens with one attached hydrogen (secondary N) is 1. The molecule has 17 heavy (non-hydrogen) atoms. The second-order valence-electron chi connectivity index (χ2n) is 4.81. The molecule has 96 valence electrons. The second-order valence-corrected chi connectivity index (χ2v) is 4.81. The van der Waals surface area contributed by atoms with Crippen molar-refractivity contribution in [2.45, 2.75) is 45.1 Å². The monoisotopic (exact) mass is 239 g/mol. The van der Waals surface area contributed by atoms with Crippen LogP contribution in [0.1, 0.15) is 44.4 Å². The van der Waals surface area contributed by atoms with E-state index in [0.717, 1.165) is 44.2 Å². The quantitative estimate of drug-likeness (QED) is 0.844. The van der Waals surface area contributed by atoms with Gasteiger partial charge in [0.15, 0.2) is 0 Å². The van der Waals surface area contributed by atoms with Gasteiger partial charge in [0.25, 0.3) is 0 Å². The molecule has 1 atom stereocenters. The van der Waals surface area contributed by atoms with Gasteiger partial charge in [-0.05, 0) is 12.8 Å². The summed E-state index contributed by atoms with van der Waals surface area (Å²) in [7, 11) is 0. The molecule has 1 aliphatic rings. The first-order chi connectivity index (χ1) is 8.25. The molecule has 1 aromatic heterocycles. The molecule has 1 saturated heterocycles. The van der Waals surface area contributed by atoms with Crippen molar-refractivity contribution < 1.29 is 9.15 Å². The molecule has 1 unspecified atom stereocenters. The van der Waals surface area contributed by atoms with Crippen LogP contribution < -0.4 is 5.32 Å². The van der Waals surface area contributed by atoms with Crippen LogP contribution in [0.3, 0.4) is 0 Å². The summed E-state index contributed by atoms with van der Waals surface area (Å²) in [5, 5.41) is 11.5. The lowest BCUT2D eigenvalue weighted by Gasteiger charge is -2.18. The van der Waals surface area contributed by atoms with Gasteiger partial charge in [-0.25, -0.2) is 0 Å². The number of ether oxygens (including phenoxy) is 1. The molecule has 2 rings (SSSR count). The van der Waals surface area contributed by atoms with Gasteiger partial charge < -0.3 is 14.5 Å². The van der Waals surface area contributed by atoms with E-state index in [1.165, 1.54) is 0 Å². The van der Waals surface area contributed by atoms with E-state index in [1.807, 2.05) is 0 Å². The summed E-state index contributed by atoms with van der Waals surface area (Å²) in [4.78, 5) is 0. The molecular weight excluding hydrogens is 218 g/mol. The Labute approximate surface area is 102 Å². The number of rotatable bonds is 5. The van der Waals surface area contributed by atoms with Crippen LogP contribution in [0.4, 0.5) is 0 Å². The zero-order valence-electron chi connectivity index (χ0n) is 10.6. The Bertz CT molecular complexity index is 332. The summed E-state index contributed by atoms with van der Waals surface area (Å²) < 4.78 is 11.1. The van der Waals surface area contributed by atoms with E-state index in [4.69, 9.17) is 9.15 Å². The Morgan fingerprint density at radius 3 is 3.00 bits per heavy atom. The van der Waals surface area contributed by atoms with E-state index in [2.05, 4.69) is 29.4 Å². The van der Waals surface area contributed by atoms with Gasteiger partial charge in [-0.3, -0.25) is 0 Å². The molecular formula is C12H21N3O2. The van der Waals surface area contributed by atoms with Gasteiger partial charge in [-0.2, -0.15) is 0 Å². The highest BCUT2D eigenvalue weighted by Gasteiger charge is 2.21. The number of hydrogen-bond acceptors (Lipinski definition) is 5. The van der Waals surface area contributed by atoms with E-state index in [0.29, 0.717) is 18.6 Å². The second kappa shape index (κ2) is 6.12. The summed E-state index contributed by atoms with van der Waals surface area (Å²) in [5.74, 6) is 1.76. The summed E-state index contributed by atoms with van der Waals surface area (Å²) >= 11 is 0. The zero-order chi connectivity index (χ0) is 12.1. The average Bonchev–Trinajstić information content (AvgIpc) is 2.78. The molecule has 5 heteroatoms. The topological polar surface area (TPSA) is 60.2 Å². The molecule has 0 aliphatic carbocycles. The molecule has 2 heterocycles. The Kier molecular flexibility index (Phi) is 4.50. The maximum Gasteiger partial charge on any atom is 0.221 e. The van der Waals surface area contributed by atoms with Crippen molar-refractivity contribution in [3.63, 3.8) is 0 Å². The van der Waals surface area contributed by atoms with Crippen LogP contribution in [0.15, 0.2) is 4.42 Å². The van der Waals surface area contributed by atoms with E-state index in [9.17, 15) is 0 Å². The first kappa shape index (κ1) is 12.5. The van der Waals surface area contributed by atoms with Gasteiger partial charge in [-0.15, -0.1) is 10.2 Å². The maximum atomic E-state index is 5.66. The van der Waals surface area contributed by atoms with Gasteiger partial charge >= 0.3 is 0 Å². The first-order valence-corrected chi connectivity index (χ1v) is 6.39. The summed E-state index contributed by atoms with van der Waals surface area (Å²) in [6.45, 7) is 6.69. The van der Waals surface area contributed by atoms with Gasteiger partial charge in [0.05, 0.1) is 12.5 Å². The van der Waals surface area contributed by atoms with Gasteiger partial charge in [0.1, 0.15) is 0 Å². The van der Waals surface area contributed by atoms with Crippen LogP contribution in [-0.4, -0.2) is 36.0 Å². The van der Waals surface area contributed by atoms with E-state index < -0.39 is 0 Å². The van der Waals surface area contributed by atoms with Crippen molar-refractivity contribution in [3.8, 4) is 0 Å². The highest BCUT2D eigenvalue weighted by molar-refractivity contribution is 4.93. The summed E-state index contributed by atoms with van der Waals surface area (Å²) in [6.07, 6.45) is 2.96. The van der Waals surface area contributed by atoms with E-state index in [-0.39, 0.29) is 0 Å². The van der Waals surface area contributed by atoms with Gasteiger partial charge in [0, 0.05) is 25.6 Å². The van der Waals surface area contributed by atoms with Crippen molar-refractivity contribution in [3.05, 3.63) is 11.8 Å². The lowest BCUT2D eigenvalue weighted by Crippen LogP contribution is -2.25. The van der Waals surface area contributed by atoms with Crippen LogP contribution in [0.2, 0.25) is 0 Å². The van der Waals surface area contributed by atoms with Crippen molar-refractivity contribution in [1.82, 2.24) is 15.5 Å². The molecule has 0 amide bonds. The SMILES string of the molecule is CC(C)NCCc1nnc(C2CCCOC2)o1. The number of hydrogen-bond donors (Lipinski definition) is 1. The Hall–Kier alpha value is -0.940. The molecule has 0 bridgehead atoms. The molecule has 0 spiro atoms. The summed E-state index contributed by atoms with van der Waals surface area (Å²) in [6, 6.07) is 0.490. The third-order valence-corrected chi connectivity index (χ3v) is 2.88. The van der Waals surface area contributed by atoms with E-state index >= 15 is 0 Å². The third-order valence-electron chi connectivity index (χ3n) is 2.88. The molecule has 1 N–H and O–H groups in total. The third kappa shape index (κ3) is 3.78. The van der Waals surface area contributed by atoms with Crippen LogP contribution in [0.5, 0.6) is 0 Å². The van der Waals surface area contributed by atoms with Gasteiger partial charge in [-0.1, -0.05) is 13.8 Å². The fraction of sp³-hybridized carbons (Fsp3) is 0.833. The largest absolute Gasteiger partial charge is 0.425 e. The minimum absolute atomic E-state index is 0.294. The minimum atomic E-state index is 0.294. The lowest BCUT2D eigenvalue weighted by atomic mass is 10.0. The fourth-order valence-electron chi connectivity index (χ4n) is 1.94. The fourth-order valence-corrected chi connectivity index (χ4v) is 1.94. The van der Waals surface area contributed by atoms with E-state index in [1.54, 1.807) is 0 Å². The molecule has 0 radical (unpaired) electrons. The van der Waals surface area contributed by atoms with Crippen molar-refractivity contribution in [1.29, 1.82) is 0 Å². The molecule has 1 aliphatic heterocycles. The number of nitrogens with zero attached hydrogens (tertiary/aromatic N) is 2. The minimum Gasteiger partial charge on any atom is -0.425 e. The Balaban J connectivity index is 1.82. The van der Waals surface area contributed by atoms with Crippen molar-refractivity contribution >= 4 is 0 Å². The van der Waals surface area contributed by atoms with Crippen LogP contribution in [0, 0.1) is 0 Å². The zero-order valence-corrected chi connectivity index (χ0v) is 10.6. The molecule has 1 fully saturated rings. The standard InChI is InChI=1S/C12H21N3O2/c1-9(2)13-6-5-11-14-15-12(17-11)10-4-3-7-16-8-10/h9-10,13H,3-8H2,1-2H3. The Morgan fingerprint density at radius 1 is 1.41 bits per heavy atom. The first-order valence-electron chi connectivity index (χ1n) is 6.39. The average molecular weight is 239 g/mol. The molecule has 5 nitrogen and oxygen atoms in total. The smallest absolute Gasteiger partial charge is 0.221 e. The normalized spacial score (nSPS) is 21.0. The van der Waals surface area contributed by atoms with Crippen LogP contribution >= 0.6 is 0 Å². The highest BCUT2D eigenvalue weighted by Crippen LogP contribution is 2.24. The van der Waals surface area contributed by atoms with Crippen molar-refractivity contribution in [2.75, 3.05) is 19.8 Å². The predicted molar refractivity (Wildman–Crippen MR) is 63.9 cm³/mol.